The number of hydrogen-bond donors (Lipinski definition) is 0. The van der Waals surface area contributed by atoms with Crippen LogP contribution in [0.5, 0.6) is 5.75 Å². The Kier molecular flexibility index (Phi) is 4.53. The van der Waals surface area contributed by atoms with Crippen LogP contribution in [-0.2, 0) is 11.3 Å². The third-order valence-corrected chi connectivity index (χ3v) is 3.95. The molecule has 2 rings (SSSR count). The van der Waals surface area contributed by atoms with Crippen molar-refractivity contribution < 1.29 is 9.53 Å². The molecule has 0 amide bonds. The minimum Gasteiger partial charge on any atom is -0.496 e. The topological polar surface area (TPSA) is 42.4 Å². The van der Waals surface area contributed by atoms with Crippen LogP contribution in [0.15, 0.2) is 6.20 Å². The van der Waals surface area contributed by atoms with Crippen molar-refractivity contribution >= 4 is 6.29 Å². The van der Waals surface area contributed by atoms with Crippen LogP contribution >= 0.6 is 0 Å². The quantitative estimate of drug-likeness (QED) is 0.779. The lowest BCUT2D eigenvalue weighted by molar-refractivity contribution is -0.112. The maximum absolute atomic E-state index is 10.8. The van der Waals surface area contributed by atoms with E-state index in [1.807, 2.05) is 13.1 Å². The number of methoxy groups -OCH3 is 1. The molecule has 0 N–H and O–H groups in total. The minimum atomic E-state index is 0.248. The van der Waals surface area contributed by atoms with Crippen molar-refractivity contribution in [2.24, 2.45) is 5.92 Å². The van der Waals surface area contributed by atoms with Crippen molar-refractivity contribution in [2.45, 2.75) is 33.2 Å². The number of piperidine rings is 1. The molecule has 0 bridgehead atoms. The van der Waals surface area contributed by atoms with Crippen LogP contribution in [0.25, 0.3) is 0 Å². The Labute approximate surface area is 114 Å². The zero-order valence-electron chi connectivity index (χ0n) is 12.0. The van der Waals surface area contributed by atoms with E-state index in [-0.39, 0.29) is 5.92 Å². The molecule has 1 fully saturated rings. The van der Waals surface area contributed by atoms with Gasteiger partial charge in [0.25, 0.3) is 0 Å². The number of rotatable bonds is 4. The summed E-state index contributed by atoms with van der Waals surface area (Å²) in [5.41, 5.74) is 3.27. The molecule has 4 nitrogen and oxygen atoms in total. The van der Waals surface area contributed by atoms with Gasteiger partial charge < -0.3 is 9.53 Å². The van der Waals surface area contributed by atoms with Gasteiger partial charge in [-0.2, -0.15) is 0 Å². The molecule has 0 radical (unpaired) electrons. The lowest BCUT2D eigenvalue weighted by Crippen LogP contribution is -2.34. The Hall–Kier alpha value is -1.42. The molecular formula is C15H22N2O2. The molecule has 0 aliphatic carbocycles. The van der Waals surface area contributed by atoms with Crippen LogP contribution in [-0.4, -0.2) is 36.4 Å². The number of nitrogens with zero attached hydrogens (tertiary/aromatic N) is 2. The molecule has 0 unspecified atom stereocenters. The molecule has 1 aromatic rings. The van der Waals surface area contributed by atoms with Gasteiger partial charge >= 0.3 is 0 Å². The van der Waals surface area contributed by atoms with Gasteiger partial charge in [-0.15, -0.1) is 0 Å². The summed E-state index contributed by atoms with van der Waals surface area (Å²) in [5, 5.41) is 0. The second kappa shape index (κ2) is 6.15. The van der Waals surface area contributed by atoms with E-state index >= 15 is 0 Å². The molecule has 1 aliphatic heterocycles. The van der Waals surface area contributed by atoms with Crippen LogP contribution in [0.4, 0.5) is 0 Å². The van der Waals surface area contributed by atoms with Gasteiger partial charge in [0.2, 0.25) is 0 Å². The van der Waals surface area contributed by atoms with Crippen LogP contribution in [0.2, 0.25) is 0 Å². The summed E-state index contributed by atoms with van der Waals surface area (Å²) in [6, 6.07) is 0. The fourth-order valence-corrected chi connectivity index (χ4v) is 2.69. The molecule has 2 heterocycles. The SMILES string of the molecule is COc1c(C)cnc(CN2CCC(C=O)CC2)c1C. The van der Waals surface area contributed by atoms with Crippen LogP contribution in [0.1, 0.15) is 29.7 Å². The number of aryl methyl sites for hydroxylation is 1. The first kappa shape index (κ1) is 14.0. The highest BCUT2D eigenvalue weighted by Gasteiger charge is 2.20. The summed E-state index contributed by atoms with van der Waals surface area (Å²) in [7, 11) is 1.70. The summed E-state index contributed by atoms with van der Waals surface area (Å²) in [4.78, 5) is 17.6. The smallest absolute Gasteiger partial charge is 0.128 e. The molecule has 104 valence electrons. The van der Waals surface area contributed by atoms with E-state index in [0.717, 1.165) is 61.3 Å². The van der Waals surface area contributed by atoms with Crippen molar-refractivity contribution in [2.75, 3.05) is 20.2 Å². The van der Waals surface area contributed by atoms with Gasteiger partial charge in [0.15, 0.2) is 0 Å². The number of hydrogen-bond acceptors (Lipinski definition) is 4. The molecule has 4 heteroatoms. The van der Waals surface area contributed by atoms with E-state index < -0.39 is 0 Å². The Morgan fingerprint density at radius 1 is 1.42 bits per heavy atom. The van der Waals surface area contributed by atoms with Crippen molar-refractivity contribution in [3.05, 3.63) is 23.0 Å². The predicted molar refractivity (Wildman–Crippen MR) is 74.3 cm³/mol. The second-order valence-corrected chi connectivity index (χ2v) is 5.30. The van der Waals surface area contributed by atoms with Gasteiger partial charge in [-0.25, -0.2) is 0 Å². The highest BCUT2D eigenvalue weighted by molar-refractivity contribution is 5.53. The number of carbonyl (C=O) groups is 1. The van der Waals surface area contributed by atoms with Gasteiger partial charge in [0.05, 0.1) is 12.8 Å². The number of carbonyl (C=O) groups excluding carboxylic acids is 1. The maximum atomic E-state index is 10.8. The van der Waals surface area contributed by atoms with Crippen molar-refractivity contribution in [1.29, 1.82) is 0 Å². The molecule has 0 atom stereocenters. The highest BCUT2D eigenvalue weighted by Crippen LogP contribution is 2.25. The Morgan fingerprint density at radius 2 is 2.11 bits per heavy atom. The van der Waals surface area contributed by atoms with Crippen molar-refractivity contribution in [3.8, 4) is 5.75 Å². The Bertz CT molecular complexity index is 452. The zero-order chi connectivity index (χ0) is 13.8. The van der Waals surface area contributed by atoms with Crippen molar-refractivity contribution in [1.82, 2.24) is 9.88 Å². The van der Waals surface area contributed by atoms with E-state index in [2.05, 4.69) is 16.8 Å². The maximum Gasteiger partial charge on any atom is 0.128 e. The number of pyridine rings is 1. The van der Waals surface area contributed by atoms with Gasteiger partial charge in [-0.3, -0.25) is 9.88 Å². The fraction of sp³-hybridized carbons (Fsp3) is 0.600. The Balaban J connectivity index is 2.06. The lowest BCUT2D eigenvalue weighted by Gasteiger charge is -2.29. The lowest BCUT2D eigenvalue weighted by atomic mass is 9.98. The Morgan fingerprint density at radius 3 is 2.68 bits per heavy atom. The number of aldehydes is 1. The van der Waals surface area contributed by atoms with Crippen LogP contribution < -0.4 is 4.74 Å². The number of aromatic nitrogens is 1. The molecule has 19 heavy (non-hydrogen) atoms. The fourth-order valence-electron chi connectivity index (χ4n) is 2.69. The molecular weight excluding hydrogens is 240 g/mol. The van der Waals surface area contributed by atoms with E-state index in [0.29, 0.717) is 0 Å². The molecule has 0 saturated carbocycles. The third kappa shape index (κ3) is 3.13. The monoisotopic (exact) mass is 262 g/mol. The van der Waals surface area contributed by atoms with Gasteiger partial charge in [0.1, 0.15) is 12.0 Å². The van der Waals surface area contributed by atoms with Crippen LogP contribution in [0.3, 0.4) is 0 Å². The first-order chi connectivity index (χ1) is 9.15. The summed E-state index contributed by atoms with van der Waals surface area (Å²) in [6.45, 7) is 6.86. The molecule has 1 saturated heterocycles. The second-order valence-electron chi connectivity index (χ2n) is 5.30. The number of likely N-dealkylation sites (tertiary alicyclic amines) is 1. The van der Waals surface area contributed by atoms with E-state index in [4.69, 9.17) is 4.74 Å². The molecule has 0 aromatic carbocycles. The standard InChI is InChI=1S/C15H22N2O2/c1-11-8-16-14(12(2)15(11)19-3)9-17-6-4-13(10-18)5-7-17/h8,10,13H,4-7,9H2,1-3H3. The summed E-state index contributed by atoms with van der Waals surface area (Å²) >= 11 is 0. The summed E-state index contributed by atoms with van der Waals surface area (Å²) in [6.07, 6.45) is 4.90. The average molecular weight is 262 g/mol. The zero-order valence-corrected chi connectivity index (χ0v) is 12.0. The third-order valence-electron chi connectivity index (χ3n) is 3.95. The average Bonchev–Trinajstić information content (AvgIpc) is 2.43. The van der Waals surface area contributed by atoms with E-state index in [9.17, 15) is 4.79 Å². The molecule has 0 spiro atoms. The molecule has 1 aromatic heterocycles. The molecule has 1 aliphatic rings. The van der Waals surface area contributed by atoms with Gasteiger partial charge in [0, 0.05) is 29.8 Å². The van der Waals surface area contributed by atoms with Crippen LogP contribution in [0, 0.1) is 19.8 Å². The highest BCUT2D eigenvalue weighted by atomic mass is 16.5. The largest absolute Gasteiger partial charge is 0.496 e. The first-order valence-electron chi connectivity index (χ1n) is 6.82. The minimum absolute atomic E-state index is 0.248. The normalized spacial score (nSPS) is 17.4. The van der Waals surface area contributed by atoms with E-state index in [1.165, 1.54) is 0 Å². The first-order valence-corrected chi connectivity index (χ1v) is 6.82. The van der Waals surface area contributed by atoms with Gasteiger partial charge in [-0.1, -0.05) is 0 Å². The summed E-state index contributed by atoms with van der Waals surface area (Å²) in [5.74, 6) is 1.19. The predicted octanol–water partition coefficient (Wildman–Crippen LogP) is 2.12. The van der Waals surface area contributed by atoms with E-state index in [1.54, 1.807) is 7.11 Å². The number of ether oxygens (including phenoxy) is 1. The summed E-state index contributed by atoms with van der Waals surface area (Å²) < 4.78 is 5.44. The van der Waals surface area contributed by atoms with Gasteiger partial charge in [-0.05, 0) is 39.8 Å². The van der Waals surface area contributed by atoms with Crippen molar-refractivity contribution in [3.63, 3.8) is 0 Å².